The minimum atomic E-state index is -0.716. The van der Waals surface area contributed by atoms with Gasteiger partial charge in [0.2, 0.25) is 0 Å². The lowest BCUT2D eigenvalue weighted by atomic mass is 10.0. The third kappa shape index (κ3) is 6.89. The molecule has 1 aromatic rings. The van der Waals surface area contributed by atoms with Gasteiger partial charge in [-0.2, -0.15) is 0 Å². The molecule has 0 aliphatic heterocycles. The number of aryl methyl sites for hydroxylation is 1. The second-order valence-electron chi connectivity index (χ2n) is 5.66. The molecule has 2 atom stereocenters. The molecule has 114 valence electrons. The summed E-state index contributed by atoms with van der Waals surface area (Å²) in [5.41, 5.74) is 0.462. The summed E-state index contributed by atoms with van der Waals surface area (Å²) in [6.07, 6.45) is 1.10. The monoisotopic (exact) mass is 281 g/mol. The lowest BCUT2D eigenvalue weighted by Gasteiger charge is -2.24. The van der Waals surface area contributed by atoms with Gasteiger partial charge in [-0.15, -0.1) is 0 Å². The van der Waals surface area contributed by atoms with Crippen LogP contribution in [-0.2, 0) is 0 Å². The van der Waals surface area contributed by atoms with Crippen LogP contribution < -0.4 is 10.1 Å². The Labute approximate surface area is 121 Å². The van der Waals surface area contributed by atoms with Crippen LogP contribution in [0.3, 0.4) is 0 Å². The second kappa shape index (κ2) is 8.25. The van der Waals surface area contributed by atoms with E-state index in [0.717, 1.165) is 18.6 Å². The molecule has 4 nitrogen and oxygen atoms in total. The normalized spacial score (nSPS) is 15.7. The van der Waals surface area contributed by atoms with Gasteiger partial charge in [0.25, 0.3) is 0 Å². The molecule has 3 N–H and O–H groups in total. The Kier molecular flexibility index (Phi) is 6.99. The molecule has 1 aromatic carbocycles. The van der Waals surface area contributed by atoms with Crippen LogP contribution in [0.1, 0.15) is 32.3 Å². The van der Waals surface area contributed by atoms with E-state index in [1.165, 1.54) is 5.56 Å². The maximum Gasteiger partial charge on any atom is 0.119 e. The number of nitrogens with one attached hydrogen (secondary N) is 1. The van der Waals surface area contributed by atoms with Gasteiger partial charge in [-0.25, -0.2) is 0 Å². The van der Waals surface area contributed by atoms with Gasteiger partial charge in [0, 0.05) is 13.1 Å². The Morgan fingerprint density at radius 1 is 1.30 bits per heavy atom. The molecular formula is C16H27NO3. The summed E-state index contributed by atoms with van der Waals surface area (Å²) < 4.78 is 5.50. The number of aliphatic hydroxyl groups excluding tert-OH is 1. The van der Waals surface area contributed by atoms with Crippen molar-refractivity contribution in [1.82, 2.24) is 5.32 Å². The van der Waals surface area contributed by atoms with Crippen LogP contribution in [0.4, 0.5) is 0 Å². The maximum atomic E-state index is 9.99. The Morgan fingerprint density at radius 3 is 2.55 bits per heavy atom. The predicted molar refractivity (Wildman–Crippen MR) is 81.1 cm³/mol. The smallest absolute Gasteiger partial charge is 0.119 e. The molecule has 0 aromatic heterocycles. The van der Waals surface area contributed by atoms with Crippen molar-refractivity contribution in [1.29, 1.82) is 0 Å². The highest BCUT2D eigenvalue weighted by Gasteiger charge is 2.18. The lowest BCUT2D eigenvalue weighted by molar-refractivity contribution is 0.0427. The third-order valence-corrected chi connectivity index (χ3v) is 3.14. The SMILES string of the molecule is CCCC(C)(O)CNCC(O)COc1ccc(C)cc1. The quantitative estimate of drug-likeness (QED) is 0.647. The highest BCUT2D eigenvalue weighted by molar-refractivity contribution is 5.26. The van der Waals surface area contributed by atoms with Crippen molar-refractivity contribution in [2.75, 3.05) is 19.7 Å². The first-order valence-corrected chi connectivity index (χ1v) is 7.23. The summed E-state index contributed by atoms with van der Waals surface area (Å²) in [7, 11) is 0. The standard InChI is InChI=1S/C16H27NO3/c1-4-9-16(3,19)12-17-10-14(18)11-20-15-7-5-13(2)6-8-15/h5-8,14,17-19H,4,9-12H2,1-3H3. The third-order valence-electron chi connectivity index (χ3n) is 3.14. The molecule has 0 saturated heterocycles. The van der Waals surface area contributed by atoms with E-state index in [2.05, 4.69) is 5.32 Å². The summed E-state index contributed by atoms with van der Waals surface area (Å²) in [5, 5.41) is 22.9. The average Bonchev–Trinajstić information content (AvgIpc) is 2.37. The minimum Gasteiger partial charge on any atom is -0.491 e. The number of benzene rings is 1. The Hall–Kier alpha value is -1.10. The van der Waals surface area contributed by atoms with Crippen molar-refractivity contribution in [2.24, 2.45) is 0 Å². The van der Waals surface area contributed by atoms with Gasteiger partial charge in [0.15, 0.2) is 0 Å². The van der Waals surface area contributed by atoms with Crippen LogP contribution in [-0.4, -0.2) is 41.6 Å². The molecule has 0 fully saturated rings. The molecule has 20 heavy (non-hydrogen) atoms. The van der Waals surface area contributed by atoms with Crippen LogP contribution in [0, 0.1) is 6.92 Å². The number of hydrogen-bond acceptors (Lipinski definition) is 4. The van der Waals surface area contributed by atoms with Gasteiger partial charge in [-0.1, -0.05) is 31.0 Å². The molecular weight excluding hydrogens is 254 g/mol. The lowest BCUT2D eigenvalue weighted by Crippen LogP contribution is -2.41. The van der Waals surface area contributed by atoms with E-state index in [9.17, 15) is 10.2 Å². The van der Waals surface area contributed by atoms with Gasteiger partial charge < -0.3 is 20.3 Å². The minimum absolute atomic E-state index is 0.242. The van der Waals surface area contributed by atoms with E-state index in [1.54, 1.807) is 6.92 Å². The zero-order valence-corrected chi connectivity index (χ0v) is 12.7. The summed E-state index contributed by atoms with van der Waals surface area (Å²) in [4.78, 5) is 0. The largest absolute Gasteiger partial charge is 0.491 e. The Balaban J connectivity index is 2.20. The van der Waals surface area contributed by atoms with Crippen LogP contribution >= 0.6 is 0 Å². The summed E-state index contributed by atoms with van der Waals surface area (Å²) >= 11 is 0. The molecule has 2 unspecified atom stereocenters. The van der Waals surface area contributed by atoms with Gasteiger partial charge in [-0.05, 0) is 32.4 Å². The second-order valence-corrected chi connectivity index (χ2v) is 5.66. The van der Waals surface area contributed by atoms with Crippen molar-refractivity contribution < 1.29 is 14.9 Å². The van der Waals surface area contributed by atoms with Crippen molar-refractivity contribution in [3.63, 3.8) is 0 Å². The Bertz CT molecular complexity index is 376. The van der Waals surface area contributed by atoms with Crippen molar-refractivity contribution in [2.45, 2.75) is 45.3 Å². The van der Waals surface area contributed by atoms with Crippen molar-refractivity contribution in [3.8, 4) is 5.75 Å². The van der Waals surface area contributed by atoms with Gasteiger partial charge in [0.05, 0.1) is 5.60 Å². The maximum absolute atomic E-state index is 9.99. The predicted octanol–water partition coefficient (Wildman–Crippen LogP) is 1.88. The van der Waals surface area contributed by atoms with E-state index >= 15 is 0 Å². The molecule has 0 aliphatic carbocycles. The molecule has 0 bridgehead atoms. The summed E-state index contributed by atoms with van der Waals surface area (Å²) in [6, 6.07) is 7.73. The number of hydrogen-bond donors (Lipinski definition) is 3. The van der Waals surface area contributed by atoms with Crippen LogP contribution in [0.15, 0.2) is 24.3 Å². The molecule has 0 aliphatic rings. The fourth-order valence-electron chi connectivity index (χ4n) is 2.02. The molecule has 0 radical (unpaired) electrons. The topological polar surface area (TPSA) is 61.7 Å². The van der Waals surface area contributed by atoms with Gasteiger partial charge in [-0.3, -0.25) is 0 Å². The zero-order chi connectivity index (χ0) is 15.0. The zero-order valence-electron chi connectivity index (χ0n) is 12.7. The van der Waals surface area contributed by atoms with Crippen molar-refractivity contribution in [3.05, 3.63) is 29.8 Å². The molecule has 0 saturated carbocycles. The Morgan fingerprint density at radius 2 is 1.95 bits per heavy atom. The van der Waals surface area contributed by atoms with Crippen molar-refractivity contribution >= 4 is 0 Å². The van der Waals surface area contributed by atoms with E-state index in [1.807, 2.05) is 38.1 Å². The first kappa shape index (κ1) is 17.0. The highest BCUT2D eigenvalue weighted by Crippen LogP contribution is 2.12. The van der Waals surface area contributed by atoms with E-state index in [-0.39, 0.29) is 6.61 Å². The van der Waals surface area contributed by atoms with E-state index < -0.39 is 11.7 Å². The molecule has 0 heterocycles. The van der Waals surface area contributed by atoms with Gasteiger partial charge >= 0.3 is 0 Å². The average molecular weight is 281 g/mol. The van der Waals surface area contributed by atoms with E-state index in [4.69, 9.17) is 4.74 Å². The summed E-state index contributed by atoms with van der Waals surface area (Å²) in [6.45, 7) is 6.99. The van der Waals surface area contributed by atoms with Crippen LogP contribution in [0.25, 0.3) is 0 Å². The van der Waals surface area contributed by atoms with Crippen LogP contribution in [0.2, 0.25) is 0 Å². The fourth-order valence-corrected chi connectivity index (χ4v) is 2.02. The highest BCUT2D eigenvalue weighted by atomic mass is 16.5. The molecule has 1 rings (SSSR count). The molecule has 0 amide bonds. The molecule has 0 spiro atoms. The number of aliphatic hydroxyl groups is 2. The number of rotatable bonds is 9. The van der Waals surface area contributed by atoms with Crippen LogP contribution in [0.5, 0.6) is 5.75 Å². The number of ether oxygens (including phenoxy) is 1. The summed E-state index contributed by atoms with van der Waals surface area (Å²) in [5.74, 6) is 0.757. The molecule has 4 heteroatoms. The van der Waals surface area contributed by atoms with Gasteiger partial charge in [0.1, 0.15) is 18.5 Å². The van der Waals surface area contributed by atoms with E-state index in [0.29, 0.717) is 13.1 Å². The fraction of sp³-hybridized carbons (Fsp3) is 0.625. The first-order chi connectivity index (χ1) is 9.43. The first-order valence-electron chi connectivity index (χ1n) is 7.23.